The van der Waals surface area contributed by atoms with Gasteiger partial charge in [0.1, 0.15) is 12.1 Å². The van der Waals surface area contributed by atoms with Gasteiger partial charge in [0.15, 0.2) is 11.4 Å². The number of nitrogens with zero attached hydrogens (tertiary/aromatic N) is 5. The molecule has 8 nitrogen and oxygen atoms in total. The fourth-order valence-corrected chi connectivity index (χ4v) is 2.87. The molecule has 1 amide bonds. The van der Waals surface area contributed by atoms with Gasteiger partial charge in [-0.25, -0.2) is 14.6 Å². The zero-order valence-electron chi connectivity index (χ0n) is 16.0. The van der Waals surface area contributed by atoms with E-state index >= 15 is 0 Å². The summed E-state index contributed by atoms with van der Waals surface area (Å²) in [4.78, 5) is 20.8. The van der Waals surface area contributed by atoms with E-state index in [0.717, 1.165) is 5.69 Å². The maximum atomic E-state index is 12.5. The second-order valence-corrected chi connectivity index (χ2v) is 6.88. The van der Waals surface area contributed by atoms with Crippen LogP contribution < -0.4 is 5.32 Å². The van der Waals surface area contributed by atoms with Crippen LogP contribution in [0.5, 0.6) is 5.75 Å². The number of carbonyl (C=O) groups is 1. The Kier molecular flexibility index (Phi) is 4.82. The Bertz CT molecular complexity index is 1110. The molecule has 0 saturated heterocycles. The number of pyridine rings is 1. The van der Waals surface area contributed by atoms with Crippen molar-refractivity contribution < 1.29 is 9.90 Å². The molecule has 0 unspecified atom stereocenters. The number of hydrogen-bond acceptors (Lipinski definition) is 5. The smallest absolute Gasteiger partial charge is 0.280 e. The van der Waals surface area contributed by atoms with E-state index in [4.69, 9.17) is 0 Å². The molecule has 0 bridgehead atoms. The first-order valence-corrected chi connectivity index (χ1v) is 9.16. The van der Waals surface area contributed by atoms with Gasteiger partial charge in [0.2, 0.25) is 0 Å². The lowest BCUT2D eigenvalue weighted by atomic mass is 10.0. The highest BCUT2D eigenvalue weighted by atomic mass is 16.3. The predicted octanol–water partition coefficient (Wildman–Crippen LogP) is 3.53. The van der Waals surface area contributed by atoms with Crippen molar-refractivity contribution in [2.75, 3.05) is 5.32 Å². The molecule has 0 aliphatic rings. The molecular formula is C21H20N6O2. The molecule has 0 aliphatic carbocycles. The van der Waals surface area contributed by atoms with Crippen LogP contribution >= 0.6 is 0 Å². The van der Waals surface area contributed by atoms with Gasteiger partial charge in [-0.3, -0.25) is 9.36 Å². The summed E-state index contributed by atoms with van der Waals surface area (Å²) in [6, 6.07) is 11.3. The third kappa shape index (κ3) is 3.86. The molecule has 2 N–H and O–H groups in total. The quantitative estimate of drug-likeness (QED) is 0.545. The Labute approximate surface area is 167 Å². The zero-order valence-corrected chi connectivity index (χ0v) is 16.0. The van der Waals surface area contributed by atoms with E-state index in [2.05, 4.69) is 34.2 Å². The topological polar surface area (TPSA) is 97.9 Å². The molecule has 0 saturated carbocycles. The standard InChI is InChI=1S/C21H20N6O2/c1-14(2)15-3-6-17(7-4-15)27-12-18(28)20(25-27)21(29)24-16-5-8-19(23-11-16)26-10-9-22-13-26/h3-14,28H,1-2H3,(H,24,29). The van der Waals surface area contributed by atoms with Crippen molar-refractivity contribution in [3.8, 4) is 17.3 Å². The average molecular weight is 388 g/mol. The monoisotopic (exact) mass is 388 g/mol. The second kappa shape index (κ2) is 7.59. The maximum absolute atomic E-state index is 12.5. The van der Waals surface area contributed by atoms with Gasteiger partial charge >= 0.3 is 0 Å². The summed E-state index contributed by atoms with van der Waals surface area (Å²) in [5, 5.41) is 17.1. The first-order valence-electron chi connectivity index (χ1n) is 9.16. The van der Waals surface area contributed by atoms with Crippen LogP contribution in [-0.2, 0) is 0 Å². The molecule has 0 fully saturated rings. The summed E-state index contributed by atoms with van der Waals surface area (Å²) in [6.07, 6.45) is 8.02. The van der Waals surface area contributed by atoms with Crippen LogP contribution in [-0.4, -0.2) is 35.3 Å². The van der Waals surface area contributed by atoms with Crippen molar-refractivity contribution in [2.24, 2.45) is 0 Å². The fourth-order valence-electron chi connectivity index (χ4n) is 2.87. The number of anilines is 1. The SMILES string of the molecule is CC(C)c1ccc(-n2cc(O)c(C(=O)Nc3ccc(-n4ccnc4)nc3)n2)cc1. The molecule has 0 aliphatic heterocycles. The number of hydrogen-bond donors (Lipinski definition) is 2. The molecular weight excluding hydrogens is 368 g/mol. The summed E-state index contributed by atoms with van der Waals surface area (Å²) in [6.45, 7) is 4.24. The molecule has 29 heavy (non-hydrogen) atoms. The molecule has 3 heterocycles. The summed E-state index contributed by atoms with van der Waals surface area (Å²) >= 11 is 0. The summed E-state index contributed by atoms with van der Waals surface area (Å²) < 4.78 is 3.23. The van der Waals surface area contributed by atoms with E-state index in [1.807, 2.05) is 24.3 Å². The van der Waals surface area contributed by atoms with Crippen LogP contribution in [0.15, 0.2) is 67.5 Å². The molecule has 1 aromatic carbocycles. The van der Waals surface area contributed by atoms with Gasteiger partial charge in [-0.15, -0.1) is 0 Å². The van der Waals surface area contributed by atoms with Crippen molar-refractivity contribution in [1.29, 1.82) is 0 Å². The fraction of sp³-hybridized carbons (Fsp3) is 0.143. The van der Waals surface area contributed by atoms with Gasteiger partial charge in [-0.05, 0) is 35.7 Å². The number of benzene rings is 1. The molecule has 0 atom stereocenters. The number of aromatic hydroxyl groups is 1. The van der Waals surface area contributed by atoms with Crippen molar-refractivity contribution in [2.45, 2.75) is 19.8 Å². The van der Waals surface area contributed by atoms with Crippen molar-refractivity contribution >= 4 is 11.6 Å². The van der Waals surface area contributed by atoms with Crippen molar-refractivity contribution in [3.05, 3.63) is 78.8 Å². The normalized spacial score (nSPS) is 11.0. The molecule has 0 spiro atoms. The number of carbonyl (C=O) groups excluding carboxylic acids is 1. The van der Waals surface area contributed by atoms with Gasteiger partial charge in [0.05, 0.1) is 23.8 Å². The summed E-state index contributed by atoms with van der Waals surface area (Å²) in [5.41, 5.74) is 2.40. The zero-order chi connectivity index (χ0) is 20.4. The Balaban J connectivity index is 1.50. The van der Waals surface area contributed by atoms with Crippen molar-refractivity contribution in [3.63, 3.8) is 0 Å². The summed E-state index contributed by atoms with van der Waals surface area (Å²) in [7, 11) is 0. The maximum Gasteiger partial charge on any atom is 0.280 e. The Morgan fingerprint density at radius 3 is 2.55 bits per heavy atom. The number of aromatic nitrogens is 5. The van der Waals surface area contributed by atoms with Crippen LogP contribution in [0.4, 0.5) is 5.69 Å². The number of amides is 1. The number of imidazole rings is 1. The minimum Gasteiger partial charge on any atom is -0.504 e. The van der Waals surface area contributed by atoms with Crippen LogP contribution in [0.3, 0.4) is 0 Å². The van der Waals surface area contributed by atoms with Gasteiger partial charge < -0.3 is 10.4 Å². The summed E-state index contributed by atoms with van der Waals surface area (Å²) in [5.74, 6) is 0.387. The lowest BCUT2D eigenvalue weighted by Gasteiger charge is -2.07. The highest BCUT2D eigenvalue weighted by molar-refractivity contribution is 6.04. The molecule has 0 radical (unpaired) electrons. The Morgan fingerprint density at radius 2 is 1.93 bits per heavy atom. The molecule has 3 aromatic heterocycles. The van der Waals surface area contributed by atoms with E-state index in [9.17, 15) is 9.90 Å². The van der Waals surface area contributed by atoms with Gasteiger partial charge in [-0.1, -0.05) is 26.0 Å². The van der Waals surface area contributed by atoms with Gasteiger partial charge in [-0.2, -0.15) is 5.10 Å². The lowest BCUT2D eigenvalue weighted by Crippen LogP contribution is -2.13. The highest BCUT2D eigenvalue weighted by Crippen LogP contribution is 2.21. The van der Waals surface area contributed by atoms with Crippen LogP contribution in [0, 0.1) is 0 Å². The number of nitrogens with one attached hydrogen (secondary N) is 1. The van der Waals surface area contributed by atoms with Gasteiger partial charge in [0, 0.05) is 12.4 Å². The highest BCUT2D eigenvalue weighted by Gasteiger charge is 2.17. The molecule has 4 rings (SSSR count). The van der Waals surface area contributed by atoms with Crippen molar-refractivity contribution in [1.82, 2.24) is 24.3 Å². The van der Waals surface area contributed by atoms with E-state index < -0.39 is 5.91 Å². The third-order valence-corrected chi connectivity index (χ3v) is 4.51. The molecule has 146 valence electrons. The van der Waals surface area contributed by atoms with E-state index in [1.165, 1.54) is 22.6 Å². The average Bonchev–Trinajstić information content (AvgIpc) is 3.39. The third-order valence-electron chi connectivity index (χ3n) is 4.51. The first kappa shape index (κ1) is 18.4. The van der Waals surface area contributed by atoms with E-state index in [0.29, 0.717) is 17.4 Å². The largest absolute Gasteiger partial charge is 0.504 e. The first-order chi connectivity index (χ1) is 14.0. The Morgan fingerprint density at radius 1 is 1.14 bits per heavy atom. The Hall–Kier alpha value is -3.94. The minimum absolute atomic E-state index is 0.0587. The minimum atomic E-state index is -0.516. The number of rotatable bonds is 5. The molecule has 4 aromatic rings. The lowest BCUT2D eigenvalue weighted by molar-refractivity contribution is 0.101. The van der Waals surface area contributed by atoms with E-state index in [-0.39, 0.29) is 11.4 Å². The van der Waals surface area contributed by atoms with E-state index in [1.54, 1.807) is 35.4 Å². The van der Waals surface area contributed by atoms with Crippen LogP contribution in [0.2, 0.25) is 0 Å². The van der Waals surface area contributed by atoms with Crippen LogP contribution in [0.1, 0.15) is 35.8 Å². The predicted molar refractivity (Wildman–Crippen MR) is 109 cm³/mol. The van der Waals surface area contributed by atoms with Gasteiger partial charge in [0.25, 0.3) is 5.91 Å². The second-order valence-electron chi connectivity index (χ2n) is 6.88. The van der Waals surface area contributed by atoms with Crippen LogP contribution in [0.25, 0.3) is 11.5 Å². The molecule has 8 heteroatoms.